The lowest BCUT2D eigenvalue weighted by Crippen LogP contribution is -2.48. The highest BCUT2D eigenvalue weighted by Gasteiger charge is 2.30. The molecule has 0 amide bonds. The maximum absolute atomic E-state index is 4.90. The van der Waals surface area contributed by atoms with Crippen LogP contribution in [0.25, 0.3) is 0 Å². The number of rotatable bonds is 7. The second kappa shape index (κ2) is 12.1. The number of hydrogen-bond acceptors (Lipinski definition) is 2. The molecular weight excluding hydrogens is 461 g/mol. The van der Waals surface area contributed by atoms with Crippen molar-refractivity contribution in [2.24, 2.45) is 10.9 Å². The van der Waals surface area contributed by atoms with Crippen LogP contribution in [0.4, 0.5) is 0 Å². The third-order valence-electron chi connectivity index (χ3n) is 5.52. The van der Waals surface area contributed by atoms with Crippen LogP contribution in [0.5, 0.6) is 0 Å². The molecule has 2 atom stereocenters. The highest BCUT2D eigenvalue weighted by atomic mass is 127. The van der Waals surface area contributed by atoms with E-state index < -0.39 is 0 Å². The standard InChI is InChI=1S/C22H33N5.HI/c1-3-19-17-27(15-11-21(19)20-9-6-5-7-10-20)22(24-4-2)25-12-8-14-26-16-13-23-18-26;/h5-7,9-10,13,16,18-19,21H,3-4,8,11-12,14-15,17H2,1-2H3,(H,24,25);1H. The van der Waals surface area contributed by atoms with Crippen LogP contribution in [0.1, 0.15) is 44.6 Å². The zero-order chi connectivity index (χ0) is 18.9. The van der Waals surface area contributed by atoms with Crippen LogP contribution in [0.15, 0.2) is 54.0 Å². The number of halogens is 1. The SMILES string of the molecule is CCNC(=NCCCn1ccnc1)N1CCC(c2ccccc2)C(CC)C1.I. The van der Waals surface area contributed by atoms with E-state index >= 15 is 0 Å². The largest absolute Gasteiger partial charge is 0.357 e. The van der Waals surface area contributed by atoms with Gasteiger partial charge in [-0.3, -0.25) is 4.99 Å². The molecule has 28 heavy (non-hydrogen) atoms. The van der Waals surface area contributed by atoms with Crippen LogP contribution in [-0.4, -0.2) is 46.6 Å². The van der Waals surface area contributed by atoms with Gasteiger partial charge in [-0.25, -0.2) is 4.98 Å². The predicted octanol–water partition coefficient (Wildman–Crippen LogP) is 4.37. The van der Waals surface area contributed by atoms with Gasteiger partial charge in [0.1, 0.15) is 0 Å². The van der Waals surface area contributed by atoms with Crippen molar-refractivity contribution in [2.75, 3.05) is 26.2 Å². The summed E-state index contributed by atoms with van der Waals surface area (Å²) in [6.45, 7) is 9.35. The van der Waals surface area contributed by atoms with E-state index in [1.165, 1.54) is 18.4 Å². The van der Waals surface area contributed by atoms with E-state index in [1.807, 2.05) is 18.7 Å². The van der Waals surface area contributed by atoms with Crippen LogP contribution in [0, 0.1) is 5.92 Å². The Morgan fingerprint density at radius 2 is 2.07 bits per heavy atom. The molecule has 5 nitrogen and oxygen atoms in total. The normalized spacial score (nSPS) is 19.9. The molecule has 2 unspecified atom stereocenters. The Labute approximate surface area is 186 Å². The van der Waals surface area contributed by atoms with Gasteiger partial charge >= 0.3 is 0 Å². The number of piperidine rings is 1. The Bertz CT molecular complexity index is 686. The van der Waals surface area contributed by atoms with Gasteiger partial charge in [-0.05, 0) is 37.2 Å². The fraction of sp³-hybridized carbons (Fsp3) is 0.545. The smallest absolute Gasteiger partial charge is 0.193 e. The van der Waals surface area contributed by atoms with Gasteiger partial charge in [-0.15, -0.1) is 24.0 Å². The molecule has 154 valence electrons. The molecule has 3 rings (SSSR count). The summed E-state index contributed by atoms with van der Waals surface area (Å²) in [4.78, 5) is 11.5. The van der Waals surface area contributed by atoms with Crippen LogP contribution in [0.2, 0.25) is 0 Å². The molecule has 0 saturated carbocycles. The summed E-state index contributed by atoms with van der Waals surface area (Å²) in [6.07, 6.45) is 9.14. The van der Waals surface area contributed by atoms with E-state index in [1.54, 1.807) is 0 Å². The summed E-state index contributed by atoms with van der Waals surface area (Å²) in [7, 11) is 0. The Morgan fingerprint density at radius 3 is 2.75 bits per heavy atom. The number of hydrogen-bond donors (Lipinski definition) is 1. The van der Waals surface area contributed by atoms with Gasteiger partial charge < -0.3 is 14.8 Å². The minimum atomic E-state index is 0. The first-order valence-electron chi connectivity index (χ1n) is 10.4. The molecule has 0 spiro atoms. The molecule has 0 aliphatic carbocycles. The van der Waals surface area contributed by atoms with Gasteiger partial charge in [0.05, 0.1) is 6.33 Å². The first kappa shape index (κ1) is 22.7. The van der Waals surface area contributed by atoms with E-state index in [0.717, 1.165) is 45.1 Å². The number of benzene rings is 1. The Morgan fingerprint density at radius 1 is 1.25 bits per heavy atom. The van der Waals surface area contributed by atoms with E-state index in [9.17, 15) is 0 Å². The van der Waals surface area contributed by atoms with Crippen LogP contribution in [0.3, 0.4) is 0 Å². The van der Waals surface area contributed by atoms with Crippen LogP contribution >= 0.6 is 24.0 Å². The maximum atomic E-state index is 4.90. The second-order valence-electron chi connectivity index (χ2n) is 7.31. The minimum absolute atomic E-state index is 0. The number of nitrogens with zero attached hydrogens (tertiary/aromatic N) is 4. The summed E-state index contributed by atoms with van der Waals surface area (Å²) in [5, 5.41) is 3.50. The van der Waals surface area contributed by atoms with E-state index in [0.29, 0.717) is 11.8 Å². The van der Waals surface area contributed by atoms with Gasteiger partial charge in [0.2, 0.25) is 0 Å². The lowest BCUT2D eigenvalue weighted by atomic mass is 9.79. The van der Waals surface area contributed by atoms with Crippen molar-refractivity contribution in [2.45, 2.75) is 45.6 Å². The molecule has 2 heterocycles. The number of nitrogens with one attached hydrogen (secondary N) is 1. The Kier molecular flexibility index (Phi) is 9.81. The van der Waals surface area contributed by atoms with E-state index in [-0.39, 0.29) is 24.0 Å². The highest BCUT2D eigenvalue weighted by molar-refractivity contribution is 14.0. The fourth-order valence-electron chi connectivity index (χ4n) is 4.06. The quantitative estimate of drug-likeness (QED) is 0.269. The number of guanidine groups is 1. The van der Waals surface area contributed by atoms with Gasteiger partial charge in [0.15, 0.2) is 5.96 Å². The topological polar surface area (TPSA) is 45.5 Å². The first-order chi connectivity index (χ1) is 13.3. The van der Waals surface area contributed by atoms with Gasteiger partial charge in [0, 0.05) is 45.1 Å². The highest BCUT2D eigenvalue weighted by Crippen LogP contribution is 2.34. The van der Waals surface area contributed by atoms with Crippen molar-refractivity contribution in [3.63, 3.8) is 0 Å². The molecule has 1 N–H and O–H groups in total. The lowest BCUT2D eigenvalue weighted by molar-refractivity contribution is 0.215. The monoisotopic (exact) mass is 495 g/mol. The molecular formula is C22H34IN5. The molecule has 6 heteroatoms. The van der Waals surface area contributed by atoms with Crippen LogP contribution < -0.4 is 5.32 Å². The minimum Gasteiger partial charge on any atom is -0.357 e. The Balaban J connectivity index is 0.00000280. The van der Waals surface area contributed by atoms with Crippen molar-refractivity contribution in [1.29, 1.82) is 0 Å². The zero-order valence-corrected chi connectivity index (χ0v) is 19.5. The van der Waals surface area contributed by atoms with Crippen LogP contribution in [-0.2, 0) is 6.54 Å². The van der Waals surface area contributed by atoms with Gasteiger partial charge in [-0.2, -0.15) is 0 Å². The maximum Gasteiger partial charge on any atom is 0.193 e. The third-order valence-corrected chi connectivity index (χ3v) is 5.52. The molecule has 1 aliphatic heterocycles. The van der Waals surface area contributed by atoms with Crippen molar-refractivity contribution >= 4 is 29.9 Å². The summed E-state index contributed by atoms with van der Waals surface area (Å²) < 4.78 is 2.11. The third kappa shape index (κ3) is 6.22. The number of imidazole rings is 1. The van der Waals surface area contributed by atoms with Gasteiger partial charge in [0.25, 0.3) is 0 Å². The summed E-state index contributed by atoms with van der Waals surface area (Å²) in [6, 6.07) is 11.0. The molecule has 0 bridgehead atoms. The molecule has 1 aromatic carbocycles. The average Bonchev–Trinajstić information content (AvgIpc) is 3.24. The number of aromatic nitrogens is 2. The molecule has 1 saturated heterocycles. The molecule has 2 aromatic rings. The fourth-order valence-corrected chi connectivity index (χ4v) is 4.06. The summed E-state index contributed by atoms with van der Waals surface area (Å²) >= 11 is 0. The molecule has 0 radical (unpaired) electrons. The second-order valence-corrected chi connectivity index (χ2v) is 7.31. The number of aliphatic imine (C=N–C) groups is 1. The van der Waals surface area contributed by atoms with E-state index in [4.69, 9.17) is 4.99 Å². The predicted molar refractivity (Wildman–Crippen MR) is 127 cm³/mol. The molecule has 1 fully saturated rings. The summed E-state index contributed by atoms with van der Waals surface area (Å²) in [5.41, 5.74) is 1.49. The van der Waals surface area contributed by atoms with Gasteiger partial charge in [-0.1, -0.05) is 43.7 Å². The number of likely N-dealkylation sites (tertiary alicyclic amines) is 1. The molecule has 1 aromatic heterocycles. The average molecular weight is 495 g/mol. The van der Waals surface area contributed by atoms with Crippen molar-refractivity contribution in [3.8, 4) is 0 Å². The Hall–Kier alpha value is -1.57. The first-order valence-corrected chi connectivity index (χ1v) is 10.4. The van der Waals surface area contributed by atoms with Crippen molar-refractivity contribution in [3.05, 3.63) is 54.6 Å². The lowest BCUT2D eigenvalue weighted by Gasteiger charge is -2.40. The summed E-state index contributed by atoms with van der Waals surface area (Å²) in [5.74, 6) is 2.42. The number of aryl methyl sites for hydroxylation is 1. The molecule has 1 aliphatic rings. The van der Waals surface area contributed by atoms with Crippen molar-refractivity contribution in [1.82, 2.24) is 19.8 Å². The zero-order valence-electron chi connectivity index (χ0n) is 17.1. The van der Waals surface area contributed by atoms with E-state index in [2.05, 4.69) is 63.9 Å². The van der Waals surface area contributed by atoms with Crippen molar-refractivity contribution < 1.29 is 0 Å².